The van der Waals surface area contributed by atoms with Gasteiger partial charge in [0.15, 0.2) is 0 Å². The lowest BCUT2D eigenvalue weighted by molar-refractivity contribution is -0.144. The van der Waals surface area contributed by atoms with Crippen LogP contribution in [0.3, 0.4) is 0 Å². The quantitative estimate of drug-likeness (QED) is 0.803. The second-order valence-electron chi connectivity index (χ2n) is 5.83. The Hall–Kier alpha value is -0.590. The van der Waals surface area contributed by atoms with Crippen molar-refractivity contribution in [3.8, 4) is 6.07 Å². The summed E-state index contributed by atoms with van der Waals surface area (Å²) < 4.78 is 5.47. The Balaban J connectivity index is 2.18. The second kappa shape index (κ2) is 4.96. The van der Waals surface area contributed by atoms with E-state index < -0.39 is 11.0 Å². The third kappa shape index (κ3) is 2.21. The molecule has 17 heavy (non-hydrogen) atoms. The molecule has 1 aliphatic carbocycles. The van der Waals surface area contributed by atoms with Crippen LogP contribution in [0.25, 0.3) is 0 Å². The highest BCUT2D eigenvalue weighted by atomic mass is 16.5. The topological polar surface area (TPSA) is 53.2 Å². The highest BCUT2D eigenvalue weighted by molar-refractivity contribution is 5.13. The van der Waals surface area contributed by atoms with E-state index >= 15 is 0 Å². The molecule has 2 unspecified atom stereocenters. The van der Waals surface area contributed by atoms with Gasteiger partial charge in [-0.2, -0.15) is 5.26 Å². The van der Waals surface area contributed by atoms with Gasteiger partial charge in [0.1, 0.15) is 5.41 Å². The zero-order valence-corrected chi connectivity index (χ0v) is 10.7. The lowest BCUT2D eigenvalue weighted by Gasteiger charge is -2.47. The zero-order valence-electron chi connectivity index (χ0n) is 10.7. The van der Waals surface area contributed by atoms with Gasteiger partial charge in [0.05, 0.1) is 18.3 Å². The molecule has 2 atom stereocenters. The van der Waals surface area contributed by atoms with Crippen molar-refractivity contribution in [3.05, 3.63) is 0 Å². The fourth-order valence-corrected chi connectivity index (χ4v) is 3.45. The maximum atomic E-state index is 10.9. The molecule has 0 radical (unpaired) electrons. The standard InChI is InChI=1S/C14H23NO2/c1-13(16,12-6-3-2-4-7-12)14(10-15)8-5-9-17-11-14/h12,16H,2-9,11H2,1H3. The zero-order chi connectivity index (χ0) is 12.4. The number of aliphatic hydroxyl groups is 1. The molecule has 3 nitrogen and oxygen atoms in total. The van der Waals surface area contributed by atoms with E-state index in [1.807, 2.05) is 6.92 Å². The van der Waals surface area contributed by atoms with E-state index in [9.17, 15) is 10.4 Å². The maximum Gasteiger partial charge on any atom is 0.109 e. The van der Waals surface area contributed by atoms with Crippen LogP contribution >= 0.6 is 0 Å². The van der Waals surface area contributed by atoms with Gasteiger partial charge in [-0.05, 0) is 38.5 Å². The van der Waals surface area contributed by atoms with Gasteiger partial charge in [-0.25, -0.2) is 0 Å². The number of hydrogen-bond acceptors (Lipinski definition) is 3. The molecule has 0 aromatic rings. The molecule has 1 aliphatic heterocycles. The first kappa shape index (κ1) is 12.9. The number of rotatable bonds is 2. The van der Waals surface area contributed by atoms with Crippen molar-refractivity contribution in [2.45, 2.75) is 57.5 Å². The minimum absolute atomic E-state index is 0.262. The Morgan fingerprint density at radius 1 is 1.29 bits per heavy atom. The van der Waals surface area contributed by atoms with Gasteiger partial charge in [0.25, 0.3) is 0 Å². The molecular formula is C14H23NO2. The van der Waals surface area contributed by atoms with Gasteiger partial charge >= 0.3 is 0 Å². The molecular weight excluding hydrogens is 214 g/mol. The molecule has 0 aromatic heterocycles. The van der Waals surface area contributed by atoms with Crippen LogP contribution in [0.5, 0.6) is 0 Å². The lowest BCUT2D eigenvalue weighted by atomic mass is 9.61. The molecule has 1 heterocycles. The van der Waals surface area contributed by atoms with E-state index in [1.54, 1.807) is 0 Å². The molecule has 1 N–H and O–H groups in total. The van der Waals surface area contributed by atoms with Crippen molar-refractivity contribution in [1.82, 2.24) is 0 Å². The summed E-state index contributed by atoms with van der Waals surface area (Å²) in [4.78, 5) is 0. The third-order valence-corrected chi connectivity index (χ3v) is 4.82. The van der Waals surface area contributed by atoms with Gasteiger partial charge in [0, 0.05) is 6.61 Å². The molecule has 0 amide bonds. The summed E-state index contributed by atoms with van der Waals surface area (Å²) in [5, 5.41) is 20.4. The number of nitriles is 1. The first-order valence-corrected chi connectivity index (χ1v) is 6.84. The minimum Gasteiger partial charge on any atom is -0.388 e. The largest absolute Gasteiger partial charge is 0.388 e. The summed E-state index contributed by atoms with van der Waals surface area (Å²) in [7, 11) is 0. The van der Waals surface area contributed by atoms with Gasteiger partial charge < -0.3 is 9.84 Å². The van der Waals surface area contributed by atoms with E-state index in [0.29, 0.717) is 6.61 Å². The number of nitrogens with zero attached hydrogens (tertiary/aromatic N) is 1. The van der Waals surface area contributed by atoms with E-state index in [-0.39, 0.29) is 5.92 Å². The van der Waals surface area contributed by atoms with E-state index in [2.05, 4.69) is 6.07 Å². The molecule has 2 fully saturated rings. The van der Waals surface area contributed by atoms with Crippen LogP contribution in [0, 0.1) is 22.7 Å². The normalized spacial score (nSPS) is 34.9. The van der Waals surface area contributed by atoms with Crippen LogP contribution in [-0.4, -0.2) is 23.9 Å². The third-order valence-electron chi connectivity index (χ3n) is 4.82. The Morgan fingerprint density at radius 2 is 2.00 bits per heavy atom. The molecule has 0 bridgehead atoms. The fraction of sp³-hybridized carbons (Fsp3) is 0.929. The Kier molecular flexibility index (Phi) is 3.75. The first-order chi connectivity index (χ1) is 8.12. The Labute approximate surface area is 104 Å². The van der Waals surface area contributed by atoms with Crippen LogP contribution in [-0.2, 0) is 4.74 Å². The van der Waals surface area contributed by atoms with Gasteiger partial charge in [-0.3, -0.25) is 0 Å². The fourth-order valence-electron chi connectivity index (χ4n) is 3.45. The predicted molar refractivity (Wildman–Crippen MR) is 65.3 cm³/mol. The van der Waals surface area contributed by atoms with Crippen molar-refractivity contribution in [2.24, 2.45) is 11.3 Å². The number of hydrogen-bond donors (Lipinski definition) is 1. The lowest BCUT2D eigenvalue weighted by Crippen LogP contribution is -2.55. The highest BCUT2D eigenvalue weighted by Gasteiger charge is 2.52. The van der Waals surface area contributed by atoms with Crippen molar-refractivity contribution >= 4 is 0 Å². The summed E-state index contributed by atoms with van der Waals surface area (Å²) in [6.45, 7) is 2.98. The number of ether oxygens (including phenoxy) is 1. The van der Waals surface area contributed by atoms with E-state index in [0.717, 1.165) is 32.3 Å². The van der Waals surface area contributed by atoms with Gasteiger partial charge in [0.2, 0.25) is 0 Å². The second-order valence-corrected chi connectivity index (χ2v) is 5.83. The van der Waals surface area contributed by atoms with Crippen molar-refractivity contribution in [2.75, 3.05) is 13.2 Å². The monoisotopic (exact) mass is 237 g/mol. The van der Waals surface area contributed by atoms with Gasteiger partial charge in [-0.15, -0.1) is 0 Å². The van der Waals surface area contributed by atoms with Crippen molar-refractivity contribution in [3.63, 3.8) is 0 Å². The van der Waals surface area contributed by atoms with Crippen LogP contribution in [0.15, 0.2) is 0 Å². The molecule has 0 aromatic carbocycles. The summed E-state index contributed by atoms with van der Waals surface area (Å²) >= 11 is 0. The summed E-state index contributed by atoms with van der Waals surface area (Å²) in [5.41, 5.74) is -1.59. The smallest absolute Gasteiger partial charge is 0.109 e. The summed E-state index contributed by atoms with van der Waals surface area (Å²) in [6.07, 6.45) is 7.39. The van der Waals surface area contributed by atoms with E-state index in [4.69, 9.17) is 4.74 Å². The molecule has 2 aliphatic rings. The molecule has 96 valence electrons. The van der Waals surface area contributed by atoms with Crippen LogP contribution in [0.2, 0.25) is 0 Å². The average Bonchev–Trinajstić information content (AvgIpc) is 2.40. The van der Waals surface area contributed by atoms with Gasteiger partial charge in [-0.1, -0.05) is 19.3 Å². The summed E-state index contributed by atoms with van der Waals surface area (Å²) in [6, 6.07) is 2.38. The maximum absolute atomic E-state index is 10.9. The SMILES string of the molecule is CC(O)(C1CCCCC1)C1(C#N)CCCOC1. The van der Waals surface area contributed by atoms with Crippen LogP contribution < -0.4 is 0 Å². The molecule has 1 saturated heterocycles. The Bertz CT molecular complexity index is 294. The van der Waals surface area contributed by atoms with Crippen LogP contribution in [0.1, 0.15) is 51.9 Å². The average molecular weight is 237 g/mol. The molecule has 1 saturated carbocycles. The predicted octanol–water partition coefficient (Wildman–Crippen LogP) is 2.64. The van der Waals surface area contributed by atoms with E-state index in [1.165, 1.54) is 19.3 Å². The summed E-state index contributed by atoms with van der Waals surface area (Å²) in [5.74, 6) is 0.262. The van der Waals surface area contributed by atoms with Crippen molar-refractivity contribution < 1.29 is 9.84 Å². The molecule has 0 spiro atoms. The highest BCUT2D eigenvalue weighted by Crippen LogP contribution is 2.47. The minimum atomic E-state index is -0.900. The first-order valence-electron chi connectivity index (χ1n) is 6.84. The Morgan fingerprint density at radius 3 is 2.53 bits per heavy atom. The van der Waals surface area contributed by atoms with Crippen LogP contribution in [0.4, 0.5) is 0 Å². The van der Waals surface area contributed by atoms with Crippen molar-refractivity contribution in [1.29, 1.82) is 5.26 Å². The molecule has 3 heteroatoms. The molecule has 2 rings (SSSR count).